The molecular formula is C6H7IN2S. The van der Waals surface area contributed by atoms with Gasteiger partial charge in [0.15, 0.2) is 0 Å². The van der Waals surface area contributed by atoms with Crippen LogP contribution < -0.4 is 3.53 Å². The van der Waals surface area contributed by atoms with Gasteiger partial charge in [-0.25, -0.2) is 4.98 Å². The molecule has 0 radical (unpaired) electrons. The van der Waals surface area contributed by atoms with Crippen LogP contribution in [0.5, 0.6) is 0 Å². The minimum Gasteiger partial charge on any atom is -0.313 e. The Labute approximate surface area is 78.3 Å². The van der Waals surface area contributed by atoms with Crippen LogP contribution in [0.3, 0.4) is 0 Å². The third-order valence-electron chi connectivity index (χ3n) is 1.06. The standard InChI is InChI=1S/C6H7IN2S/c1-10-5-2-3-8-6(4-5)9-7/h2-4H,1H3,(H,8,9). The monoisotopic (exact) mass is 266 g/mol. The predicted molar refractivity (Wildman–Crippen MR) is 53.7 cm³/mol. The van der Waals surface area contributed by atoms with E-state index >= 15 is 0 Å². The second-order valence-corrected chi connectivity index (χ2v) is 3.09. The molecule has 1 rings (SSSR count). The number of hydrogen-bond donors (Lipinski definition) is 1. The van der Waals surface area contributed by atoms with Crippen LogP contribution in [-0.4, -0.2) is 11.2 Å². The fourth-order valence-electron chi connectivity index (χ4n) is 0.590. The highest BCUT2D eigenvalue weighted by Gasteiger charge is 1.91. The Morgan fingerprint density at radius 1 is 1.70 bits per heavy atom. The first-order chi connectivity index (χ1) is 4.86. The first kappa shape index (κ1) is 8.13. The maximum atomic E-state index is 4.07. The molecule has 10 heavy (non-hydrogen) atoms. The molecule has 1 aromatic rings. The zero-order valence-electron chi connectivity index (χ0n) is 5.47. The quantitative estimate of drug-likeness (QED) is 0.506. The van der Waals surface area contributed by atoms with E-state index in [1.54, 1.807) is 18.0 Å². The van der Waals surface area contributed by atoms with Crippen molar-refractivity contribution >= 4 is 40.4 Å². The molecule has 4 heteroatoms. The molecule has 0 saturated carbocycles. The molecule has 0 bridgehead atoms. The highest BCUT2D eigenvalue weighted by atomic mass is 127. The van der Waals surface area contributed by atoms with Crippen LogP contribution in [0.1, 0.15) is 0 Å². The highest BCUT2D eigenvalue weighted by molar-refractivity contribution is 14.1. The summed E-state index contributed by atoms with van der Waals surface area (Å²) in [4.78, 5) is 5.30. The number of thioether (sulfide) groups is 1. The smallest absolute Gasteiger partial charge is 0.135 e. The topological polar surface area (TPSA) is 24.9 Å². The van der Waals surface area contributed by atoms with Gasteiger partial charge in [0.05, 0.1) is 22.9 Å². The number of rotatable bonds is 2. The third kappa shape index (κ3) is 2.02. The molecule has 0 amide bonds. The minimum atomic E-state index is 0.910. The normalized spacial score (nSPS) is 9.40. The van der Waals surface area contributed by atoms with Gasteiger partial charge in [-0.05, 0) is 18.4 Å². The van der Waals surface area contributed by atoms with Crippen LogP contribution in [0.15, 0.2) is 23.2 Å². The Balaban J connectivity index is 2.87. The van der Waals surface area contributed by atoms with Crippen molar-refractivity contribution in [2.24, 2.45) is 0 Å². The first-order valence-corrected chi connectivity index (χ1v) is 5.04. The molecule has 0 aliphatic heterocycles. The maximum Gasteiger partial charge on any atom is 0.135 e. The molecule has 1 N–H and O–H groups in total. The summed E-state index contributed by atoms with van der Waals surface area (Å²) in [6, 6.07) is 4.00. The summed E-state index contributed by atoms with van der Waals surface area (Å²) >= 11 is 3.78. The SMILES string of the molecule is CSc1ccnc(NI)c1. The minimum absolute atomic E-state index is 0.910. The summed E-state index contributed by atoms with van der Waals surface area (Å²) in [6.07, 6.45) is 3.85. The third-order valence-corrected chi connectivity index (χ3v) is 2.34. The molecule has 0 atom stereocenters. The Hall–Kier alpha value is 0.0300. The zero-order chi connectivity index (χ0) is 7.40. The lowest BCUT2D eigenvalue weighted by molar-refractivity contribution is 1.28. The Bertz CT molecular complexity index is 197. The molecule has 1 heterocycles. The van der Waals surface area contributed by atoms with Crippen LogP contribution in [0.2, 0.25) is 0 Å². The molecule has 0 spiro atoms. The average molecular weight is 266 g/mol. The van der Waals surface area contributed by atoms with E-state index in [0.717, 1.165) is 5.82 Å². The van der Waals surface area contributed by atoms with Gasteiger partial charge in [0, 0.05) is 11.1 Å². The Morgan fingerprint density at radius 3 is 3.10 bits per heavy atom. The number of aromatic nitrogens is 1. The van der Waals surface area contributed by atoms with Gasteiger partial charge in [0.2, 0.25) is 0 Å². The summed E-state index contributed by atoms with van der Waals surface area (Å²) in [5, 5.41) is 0. The molecule has 0 fully saturated rings. The summed E-state index contributed by atoms with van der Waals surface area (Å²) in [5.74, 6) is 0.910. The van der Waals surface area contributed by atoms with Crippen LogP contribution in [-0.2, 0) is 0 Å². The predicted octanol–water partition coefficient (Wildman–Crippen LogP) is 2.57. The van der Waals surface area contributed by atoms with Gasteiger partial charge in [-0.3, -0.25) is 0 Å². The highest BCUT2D eigenvalue weighted by Crippen LogP contribution is 2.16. The summed E-state index contributed by atoms with van der Waals surface area (Å²) in [7, 11) is 0. The molecular weight excluding hydrogens is 259 g/mol. The van der Waals surface area contributed by atoms with Crippen molar-refractivity contribution in [2.45, 2.75) is 4.90 Å². The lowest BCUT2D eigenvalue weighted by atomic mass is 10.5. The number of halogens is 1. The van der Waals surface area contributed by atoms with Gasteiger partial charge in [-0.15, -0.1) is 11.8 Å². The van der Waals surface area contributed by atoms with E-state index in [-0.39, 0.29) is 0 Å². The Kier molecular flexibility index (Phi) is 3.27. The van der Waals surface area contributed by atoms with Gasteiger partial charge in [0.1, 0.15) is 5.82 Å². The second-order valence-electron chi connectivity index (χ2n) is 1.68. The summed E-state index contributed by atoms with van der Waals surface area (Å²) in [5.41, 5.74) is 0. The Morgan fingerprint density at radius 2 is 2.50 bits per heavy atom. The van der Waals surface area contributed by atoms with Crippen molar-refractivity contribution in [3.05, 3.63) is 18.3 Å². The van der Waals surface area contributed by atoms with Gasteiger partial charge < -0.3 is 3.53 Å². The van der Waals surface area contributed by atoms with E-state index in [9.17, 15) is 0 Å². The molecule has 1 aromatic heterocycles. The maximum absolute atomic E-state index is 4.07. The molecule has 54 valence electrons. The van der Waals surface area contributed by atoms with Gasteiger partial charge in [-0.2, -0.15) is 0 Å². The number of nitrogens with zero attached hydrogens (tertiary/aromatic N) is 1. The zero-order valence-corrected chi connectivity index (χ0v) is 8.44. The summed E-state index contributed by atoms with van der Waals surface area (Å²) < 4.78 is 2.95. The summed E-state index contributed by atoms with van der Waals surface area (Å²) in [6.45, 7) is 0. The number of pyridine rings is 1. The van der Waals surface area contributed by atoms with E-state index in [1.807, 2.05) is 18.4 Å². The van der Waals surface area contributed by atoms with Crippen molar-refractivity contribution in [2.75, 3.05) is 9.79 Å². The van der Waals surface area contributed by atoms with Crippen molar-refractivity contribution in [3.8, 4) is 0 Å². The van der Waals surface area contributed by atoms with E-state index in [2.05, 4.69) is 31.4 Å². The van der Waals surface area contributed by atoms with Crippen LogP contribution in [0.25, 0.3) is 0 Å². The first-order valence-electron chi connectivity index (χ1n) is 2.73. The van der Waals surface area contributed by atoms with Gasteiger partial charge in [0.25, 0.3) is 0 Å². The van der Waals surface area contributed by atoms with Crippen molar-refractivity contribution < 1.29 is 0 Å². The molecule has 2 nitrogen and oxygen atoms in total. The lowest BCUT2D eigenvalue weighted by Gasteiger charge is -1.97. The number of nitrogens with one attached hydrogen (secondary N) is 1. The molecule has 0 aromatic carbocycles. The largest absolute Gasteiger partial charge is 0.313 e. The van der Waals surface area contributed by atoms with Gasteiger partial charge >= 0.3 is 0 Å². The van der Waals surface area contributed by atoms with E-state index in [0.29, 0.717) is 0 Å². The fourth-order valence-corrected chi connectivity index (χ4v) is 1.31. The molecule has 0 aliphatic rings. The van der Waals surface area contributed by atoms with Crippen molar-refractivity contribution in [3.63, 3.8) is 0 Å². The van der Waals surface area contributed by atoms with E-state index < -0.39 is 0 Å². The molecule has 0 saturated heterocycles. The van der Waals surface area contributed by atoms with Crippen molar-refractivity contribution in [1.82, 2.24) is 4.98 Å². The number of anilines is 1. The number of hydrogen-bond acceptors (Lipinski definition) is 3. The van der Waals surface area contributed by atoms with Crippen LogP contribution >= 0.6 is 34.6 Å². The second kappa shape index (κ2) is 4.02. The fraction of sp³-hybridized carbons (Fsp3) is 0.167. The van der Waals surface area contributed by atoms with Crippen LogP contribution in [0.4, 0.5) is 5.82 Å². The van der Waals surface area contributed by atoms with Crippen LogP contribution in [0, 0.1) is 0 Å². The van der Waals surface area contributed by atoms with E-state index in [1.165, 1.54) is 4.90 Å². The van der Waals surface area contributed by atoms with Gasteiger partial charge in [-0.1, -0.05) is 0 Å². The van der Waals surface area contributed by atoms with E-state index in [4.69, 9.17) is 0 Å². The lowest BCUT2D eigenvalue weighted by Crippen LogP contribution is -1.83. The van der Waals surface area contributed by atoms with Crippen molar-refractivity contribution in [1.29, 1.82) is 0 Å². The molecule has 0 aliphatic carbocycles. The average Bonchev–Trinajstić information content (AvgIpc) is 2.05. The molecule has 0 unspecified atom stereocenters.